The Labute approximate surface area is 104 Å². The second-order valence-corrected chi connectivity index (χ2v) is 4.26. The van der Waals surface area contributed by atoms with Gasteiger partial charge < -0.3 is 4.90 Å². The van der Waals surface area contributed by atoms with Gasteiger partial charge in [0.2, 0.25) is 0 Å². The normalized spacial score (nSPS) is 11.9. The second kappa shape index (κ2) is 5.86. The number of para-hydroxylation sites is 1. The van der Waals surface area contributed by atoms with Crippen LogP contribution < -0.4 is 4.90 Å². The fraction of sp³-hybridized carbons (Fsp3) is 0.417. The summed E-state index contributed by atoms with van der Waals surface area (Å²) in [6.07, 6.45) is 0.382. The lowest BCUT2D eigenvalue weighted by atomic mass is 10.1. The number of nitriles is 1. The molecule has 0 heterocycles. The Morgan fingerprint density at radius 2 is 2.25 bits per heavy atom. The molecular formula is C12H14BrFN2. The summed E-state index contributed by atoms with van der Waals surface area (Å²) in [5, 5.41) is 9.25. The average Bonchev–Trinajstić information content (AvgIpc) is 2.28. The van der Waals surface area contributed by atoms with E-state index >= 15 is 0 Å². The summed E-state index contributed by atoms with van der Waals surface area (Å²) >= 11 is 3.34. The molecule has 0 fully saturated rings. The third kappa shape index (κ3) is 2.73. The van der Waals surface area contributed by atoms with Gasteiger partial charge in [0.25, 0.3) is 0 Å². The number of hydrogen-bond donors (Lipinski definition) is 0. The highest BCUT2D eigenvalue weighted by molar-refractivity contribution is 9.08. The summed E-state index contributed by atoms with van der Waals surface area (Å²) in [7, 11) is 1.81. The van der Waals surface area contributed by atoms with E-state index in [0.717, 1.165) is 5.56 Å². The minimum absolute atomic E-state index is 0.000278. The molecule has 0 aliphatic heterocycles. The van der Waals surface area contributed by atoms with Crippen molar-refractivity contribution in [2.45, 2.75) is 24.7 Å². The number of rotatable bonds is 4. The van der Waals surface area contributed by atoms with Gasteiger partial charge in [-0.3, -0.25) is 0 Å². The lowest BCUT2D eigenvalue weighted by molar-refractivity contribution is 0.605. The number of nitrogens with zero attached hydrogens (tertiary/aromatic N) is 2. The number of alkyl halides is 1. The van der Waals surface area contributed by atoms with Gasteiger partial charge in [0.05, 0.1) is 18.2 Å². The summed E-state index contributed by atoms with van der Waals surface area (Å²) in [6, 6.07) is 7.11. The van der Waals surface area contributed by atoms with Crippen molar-refractivity contribution in [3.8, 4) is 6.07 Å². The lowest BCUT2D eigenvalue weighted by Gasteiger charge is -2.27. The minimum Gasteiger partial charge on any atom is -0.368 e. The van der Waals surface area contributed by atoms with Crippen molar-refractivity contribution in [1.82, 2.24) is 0 Å². The van der Waals surface area contributed by atoms with E-state index in [4.69, 9.17) is 5.26 Å². The molecule has 0 saturated heterocycles. The molecule has 0 bridgehead atoms. The maximum Gasteiger partial charge on any atom is 0.146 e. The molecule has 0 aromatic heterocycles. The van der Waals surface area contributed by atoms with Gasteiger partial charge in [-0.25, -0.2) is 4.39 Å². The van der Waals surface area contributed by atoms with Crippen LogP contribution in [0.3, 0.4) is 0 Å². The SMILES string of the molecule is CC(CC#N)N(C)c1c(F)cccc1CBr. The molecule has 0 spiro atoms. The van der Waals surface area contributed by atoms with E-state index in [0.29, 0.717) is 17.4 Å². The second-order valence-electron chi connectivity index (χ2n) is 3.70. The Bertz CT molecular complexity index is 400. The van der Waals surface area contributed by atoms with E-state index in [2.05, 4.69) is 22.0 Å². The smallest absolute Gasteiger partial charge is 0.146 e. The fourth-order valence-electron chi connectivity index (χ4n) is 1.55. The highest BCUT2D eigenvalue weighted by Crippen LogP contribution is 2.27. The number of halogens is 2. The van der Waals surface area contributed by atoms with Gasteiger partial charge in [0.1, 0.15) is 5.82 Å². The van der Waals surface area contributed by atoms with Crippen molar-refractivity contribution in [2.75, 3.05) is 11.9 Å². The van der Waals surface area contributed by atoms with Gasteiger partial charge in [0, 0.05) is 18.4 Å². The molecular weight excluding hydrogens is 271 g/mol. The predicted molar refractivity (Wildman–Crippen MR) is 67.1 cm³/mol. The van der Waals surface area contributed by atoms with E-state index in [-0.39, 0.29) is 11.9 Å². The highest BCUT2D eigenvalue weighted by atomic mass is 79.9. The molecule has 0 radical (unpaired) electrons. The molecule has 0 amide bonds. The van der Waals surface area contributed by atoms with Gasteiger partial charge in [-0.05, 0) is 18.6 Å². The Kier molecular flexibility index (Phi) is 4.75. The molecule has 4 heteroatoms. The van der Waals surface area contributed by atoms with Crippen LogP contribution in [0.1, 0.15) is 18.9 Å². The lowest BCUT2D eigenvalue weighted by Crippen LogP contribution is -2.30. The van der Waals surface area contributed by atoms with Gasteiger partial charge in [-0.1, -0.05) is 28.1 Å². The third-order valence-corrected chi connectivity index (χ3v) is 3.22. The first kappa shape index (κ1) is 13.0. The van der Waals surface area contributed by atoms with E-state index in [1.165, 1.54) is 6.07 Å². The van der Waals surface area contributed by atoms with Gasteiger partial charge in [0.15, 0.2) is 0 Å². The fourth-order valence-corrected chi connectivity index (χ4v) is 2.00. The van der Waals surface area contributed by atoms with Gasteiger partial charge in [-0.15, -0.1) is 0 Å². The van der Waals surface area contributed by atoms with Crippen LogP contribution in [0.25, 0.3) is 0 Å². The molecule has 0 aliphatic rings. The number of anilines is 1. The summed E-state index contributed by atoms with van der Waals surface area (Å²) in [5.41, 5.74) is 1.47. The van der Waals surface area contributed by atoms with Crippen LogP contribution in [0.5, 0.6) is 0 Å². The van der Waals surface area contributed by atoms with Gasteiger partial charge >= 0.3 is 0 Å². The first-order valence-electron chi connectivity index (χ1n) is 5.05. The molecule has 1 aromatic rings. The predicted octanol–water partition coefficient (Wildman–Crippen LogP) is 3.46. The zero-order valence-corrected chi connectivity index (χ0v) is 11.0. The van der Waals surface area contributed by atoms with Crippen LogP contribution in [0.15, 0.2) is 18.2 Å². The zero-order chi connectivity index (χ0) is 12.1. The van der Waals surface area contributed by atoms with Crippen molar-refractivity contribution in [3.63, 3.8) is 0 Å². The molecule has 1 atom stereocenters. The van der Waals surface area contributed by atoms with E-state index < -0.39 is 0 Å². The Balaban J connectivity index is 3.07. The number of hydrogen-bond acceptors (Lipinski definition) is 2. The van der Waals surface area contributed by atoms with E-state index in [1.54, 1.807) is 6.07 Å². The highest BCUT2D eigenvalue weighted by Gasteiger charge is 2.16. The summed E-state index contributed by atoms with van der Waals surface area (Å²) in [5.74, 6) is -0.246. The molecule has 2 nitrogen and oxygen atoms in total. The van der Waals surface area contributed by atoms with Crippen molar-refractivity contribution in [1.29, 1.82) is 5.26 Å². The van der Waals surface area contributed by atoms with Crippen LogP contribution in [-0.2, 0) is 5.33 Å². The molecule has 1 rings (SSSR count). The van der Waals surface area contributed by atoms with Crippen molar-refractivity contribution >= 4 is 21.6 Å². The van der Waals surface area contributed by atoms with Crippen molar-refractivity contribution < 1.29 is 4.39 Å². The van der Waals surface area contributed by atoms with E-state index in [9.17, 15) is 4.39 Å². The standard InChI is InChI=1S/C12H14BrFN2/c1-9(6-7-15)16(2)12-10(8-13)4-3-5-11(12)14/h3-5,9H,6,8H2,1-2H3. The molecule has 86 valence electrons. The zero-order valence-electron chi connectivity index (χ0n) is 9.37. The Morgan fingerprint density at radius 3 is 2.81 bits per heavy atom. The first-order chi connectivity index (χ1) is 7.61. The maximum absolute atomic E-state index is 13.7. The van der Waals surface area contributed by atoms with Crippen molar-refractivity contribution in [3.05, 3.63) is 29.6 Å². The molecule has 1 unspecified atom stereocenters. The quantitative estimate of drug-likeness (QED) is 0.792. The van der Waals surface area contributed by atoms with Crippen molar-refractivity contribution in [2.24, 2.45) is 0 Å². The summed E-state index contributed by atoms with van der Waals surface area (Å²) in [4.78, 5) is 1.81. The summed E-state index contributed by atoms with van der Waals surface area (Å²) in [6.45, 7) is 1.91. The van der Waals surface area contributed by atoms with Crippen LogP contribution in [0.2, 0.25) is 0 Å². The Hall–Kier alpha value is -1.08. The van der Waals surface area contributed by atoms with Crippen LogP contribution >= 0.6 is 15.9 Å². The largest absolute Gasteiger partial charge is 0.368 e. The van der Waals surface area contributed by atoms with Crippen LogP contribution in [-0.4, -0.2) is 13.1 Å². The topological polar surface area (TPSA) is 27.0 Å². The van der Waals surface area contributed by atoms with Crippen LogP contribution in [0, 0.1) is 17.1 Å². The van der Waals surface area contributed by atoms with Crippen LogP contribution in [0.4, 0.5) is 10.1 Å². The minimum atomic E-state index is -0.246. The number of benzene rings is 1. The summed E-state index contributed by atoms with van der Waals surface area (Å²) < 4.78 is 13.7. The molecule has 0 N–H and O–H groups in total. The molecule has 0 saturated carbocycles. The third-order valence-electron chi connectivity index (χ3n) is 2.61. The van der Waals surface area contributed by atoms with Gasteiger partial charge in [-0.2, -0.15) is 5.26 Å². The Morgan fingerprint density at radius 1 is 1.56 bits per heavy atom. The molecule has 0 aliphatic carbocycles. The molecule has 1 aromatic carbocycles. The monoisotopic (exact) mass is 284 g/mol. The average molecular weight is 285 g/mol. The maximum atomic E-state index is 13.7. The first-order valence-corrected chi connectivity index (χ1v) is 6.17. The van der Waals surface area contributed by atoms with E-state index in [1.807, 2.05) is 24.9 Å². The molecule has 16 heavy (non-hydrogen) atoms.